The van der Waals surface area contributed by atoms with E-state index < -0.39 is 5.91 Å². The lowest BCUT2D eigenvalue weighted by Crippen LogP contribution is -2.40. The Morgan fingerprint density at radius 1 is 1.06 bits per heavy atom. The van der Waals surface area contributed by atoms with Gasteiger partial charge >= 0.3 is 0 Å². The molecule has 0 saturated heterocycles. The van der Waals surface area contributed by atoms with Crippen LogP contribution in [0.2, 0.25) is 5.02 Å². The third-order valence-electron chi connectivity index (χ3n) is 5.22. The fourth-order valence-electron chi connectivity index (χ4n) is 3.23. The number of carbonyl (C=O) groups is 3. The average Bonchev–Trinajstić information content (AvgIpc) is 3.25. The molecule has 3 amide bonds. The number of thiazole rings is 1. The summed E-state index contributed by atoms with van der Waals surface area (Å²) in [5, 5.41) is 7.93. The predicted octanol–water partition coefficient (Wildman–Crippen LogP) is 4.32. The van der Waals surface area contributed by atoms with Crippen LogP contribution in [0.25, 0.3) is 0 Å². The van der Waals surface area contributed by atoms with Crippen molar-refractivity contribution in [1.29, 1.82) is 0 Å². The van der Waals surface area contributed by atoms with Crippen LogP contribution in [0.15, 0.2) is 47.8 Å². The van der Waals surface area contributed by atoms with Crippen molar-refractivity contribution >= 4 is 51.5 Å². The molecule has 0 spiro atoms. The van der Waals surface area contributed by atoms with Crippen molar-refractivity contribution in [3.05, 3.63) is 75.3 Å². The monoisotopic (exact) mass is 514 g/mol. The molecule has 0 atom stereocenters. The van der Waals surface area contributed by atoms with Crippen molar-refractivity contribution in [3.8, 4) is 0 Å². The van der Waals surface area contributed by atoms with Crippen molar-refractivity contribution < 1.29 is 19.1 Å². The number of carbonyl (C=O) groups excluding carboxylic acids is 3. The highest BCUT2D eigenvalue weighted by Crippen LogP contribution is 2.19. The quantitative estimate of drug-likeness (QED) is 0.419. The number of halogens is 1. The number of anilines is 2. The molecule has 0 saturated carbocycles. The van der Waals surface area contributed by atoms with Gasteiger partial charge in [-0.3, -0.25) is 14.4 Å². The van der Waals surface area contributed by atoms with E-state index in [2.05, 4.69) is 15.6 Å². The highest BCUT2D eigenvalue weighted by atomic mass is 35.5. The zero-order valence-corrected chi connectivity index (χ0v) is 21.3. The summed E-state index contributed by atoms with van der Waals surface area (Å²) < 4.78 is 5.08. The summed E-state index contributed by atoms with van der Waals surface area (Å²) in [5.74, 6) is -0.986. The van der Waals surface area contributed by atoms with Gasteiger partial charge in [0.2, 0.25) is 11.8 Å². The minimum atomic E-state index is -0.415. The molecule has 8 nitrogen and oxygen atoms in total. The average molecular weight is 515 g/mol. The SMILES string of the molecule is COCCN(CC(=O)Nc1nc(CC(=O)Nc2ccc(C)c(C)c2)cs1)C(=O)c1ccccc1Cl. The molecule has 0 bridgehead atoms. The van der Waals surface area contributed by atoms with E-state index >= 15 is 0 Å². The first-order chi connectivity index (χ1) is 16.8. The molecule has 0 radical (unpaired) electrons. The van der Waals surface area contributed by atoms with E-state index in [1.807, 2.05) is 32.0 Å². The number of nitrogens with zero attached hydrogens (tertiary/aromatic N) is 2. The predicted molar refractivity (Wildman–Crippen MR) is 138 cm³/mol. The minimum Gasteiger partial charge on any atom is -0.383 e. The van der Waals surface area contributed by atoms with Gasteiger partial charge in [-0.1, -0.05) is 29.8 Å². The number of hydrogen-bond acceptors (Lipinski definition) is 6. The molecule has 2 aromatic carbocycles. The topological polar surface area (TPSA) is 101 Å². The number of aryl methyl sites for hydroxylation is 2. The van der Waals surface area contributed by atoms with Gasteiger partial charge in [0.05, 0.1) is 29.3 Å². The zero-order valence-electron chi connectivity index (χ0n) is 19.8. The minimum absolute atomic E-state index is 0.0737. The lowest BCUT2D eigenvalue weighted by atomic mass is 10.1. The Kier molecular flexibility index (Phi) is 9.36. The van der Waals surface area contributed by atoms with Crippen molar-refractivity contribution in [2.75, 3.05) is 37.4 Å². The fourth-order valence-corrected chi connectivity index (χ4v) is 4.17. The standard InChI is InChI=1S/C25H27ClN4O4S/c1-16-8-9-18(12-17(16)2)27-22(31)13-19-15-35-25(28-19)29-23(32)14-30(10-11-34-3)24(33)20-6-4-5-7-21(20)26/h4-9,12,15H,10-11,13-14H2,1-3H3,(H,27,31)(H,28,29,32). The van der Waals surface area contributed by atoms with Gasteiger partial charge in [-0.15, -0.1) is 11.3 Å². The van der Waals surface area contributed by atoms with E-state index in [4.69, 9.17) is 16.3 Å². The van der Waals surface area contributed by atoms with Crippen molar-refractivity contribution in [1.82, 2.24) is 9.88 Å². The maximum absolute atomic E-state index is 12.9. The Balaban J connectivity index is 1.58. The summed E-state index contributed by atoms with van der Waals surface area (Å²) in [6, 6.07) is 12.4. The molecular weight excluding hydrogens is 488 g/mol. The maximum atomic E-state index is 12.9. The van der Waals surface area contributed by atoms with Crippen LogP contribution in [0.3, 0.4) is 0 Å². The van der Waals surface area contributed by atoms with Crippen molar-refractivity contribution in [2.45, 2.75) is 20.3 Å². The summed E-state index contributed by atoms with van der Waals surface area (Å²) in [7, 11) is 1.52. The van der Waals surface area contributed by atoms with Crippen LogP contribution in [0.4, 0.5) is 10.8 Å². The molecule has 0 unspecified atom stereocenters. The van der Waals surface area contributed by atoms with E-state index in [1.54, 1.807) is 29.6 Å². The van der Waals surface area contributed by atoms with Crippen LogP contribution < -0.4 is 10.6 Å². The third kappa shape index (κ3) is 7.61. The Labute approximate surface area is 213 Å². The molecule has 0 aliphatic carbocycles. The molecule has 10 heteroatoms. The second-order valence-corrected chi connectivity index (χ2v) is 9.18. The number of amides is 3. The second kappa shape index (κ2) is 12.4. The molecule has 184 valence electrons. The van der Waals surface area contributed by atoms with Crippen LogP contribution in [-0.4, -0.2) is 54.4 Å². The summed E-state index contributed by atoms with van der Waals surface area (Å²) in [5.41, 5.74) is 3.81. The van der Waals surface area contributed by atoms with Crippen LogP contribution in [-0.2, 0) is 20.7 Å². The number of hydrogen-bond donors (Lipinski definition) is 2. The summed E-state index contributed by atoms with van der Waals surface area (Å²) >= 11 is 7.36. The summed E-state index contributed by atoms with van der Waals surface area (Å²) in [6.45, 7) is 4.28. The fraction of sp³-hybridized carbons (Fsp3) is 0.280. The van der Waals surface area contributed by atoms with Crippen LogP contribution >= 0.6 is 22.9 Å². The molecule has 1 heterocycles. The largest absolute Gasteiger partial charge is 0.383 e. The van der Waals surface area contributed by atoms with E-state index in [0.29, 0.717) is 21.4 Å². The third-order valence-corrected chi connectivity index (χ3v) is 6.36. The number of methoxy groups -OCH3 is 1. The van der Waals surface area contributed by atoms with Crippen LogP contribution in [0, 0.1) is 13.8 Å². The smallest absolute Gasteiger partial charge is 0.255 e. The summed E-state index contributed by atoms with van der Waals surface area (Å²) in [6.07, 6.45) is 0.0737. The number of aromatic nitrogens is 1. The first-order valence-corrected chi connectivity index (χ1v) is 12.2. The van der Waals surface area contributed by atoms with E-state index in [0.717, 1.165) is 16.8 Å². The first kappa shape index (κ1) is 26.3. The molecule has 0 aliphatic rings. The van der Waals surface area contributed by atoms with Crippen LogP contribution in [0.5, 0.6) is 0 Å². The number of benzene rings is 2. The van der Waals surface area contributed by atoms with Gasteiger partial charge in [-0.25, -0.2) is 4.98 Å². The van der Waals surface area contributed by atoms with Crippen LogP contribution in [0.1, 0.15) is 27.2 Å². The van der Waals surface area contributed by atoms with E-state index in [1.165, 1.54) is 23.3 Å². The first-order valence-electron chi connectivity index (χ1n) is 10.9. The zero-order chi connectivity index (χ0) is 25.4. The lowest BCUT2D eigenvalue weighted by Gasteiger charge is -2.22. The van der Waals surface area contributed by atoms with Gasteiger partial charge in [0, 0.05) is 24.7 Å². The molecule has 0 aliphatic heterocycles. The van der Waals surface area contributed by atoms with Gasteiger partial charge in [-0.05, 0) is 49.2 Å². The maximum Gasteiger partial charge on any atom is 0.255 e. The normalized spacial score (nSPS) is 10.6. The number of rotatable bonds is 10. The Morgan fingerprint density at radius 3 is 2.54 bits per heavy atom. The number of nitrogens with one attached hydrogen (secondary N) is 2. The van der Waals surface area contributed by atoms with Gasteiger partial charge in [0.25, 0.3) is 5.91 Å². The molecule has 35 heavy (non-hydrogen) atoms. The van der Waals surface area contributed by atoms with E-state index in [-0.39, 0.29) is 37.9 Å². The number of ether oxygens (including phenoxy) is 1. The lowest BCUT2D eigenvalue weighted by molar-refractivity contribution is -0.117. The molecule has 1 aromatic heterocycles. The molecule has 3 aromatic rings. The second-order valence-electron chi connectivity index (χ2n) is 7.92. The Morgan fingerprint density at radius 2 is 1.83 bits per heavy atom. The molecule has 3 rings (SSSR count). The Hall–Kier alpha value is -3.27. The molecule has 2 N–H and O–H groups in total. The Bertz CT molecular complexity index is 1210. The van der Waals surface area contributed by atoms with Gasteiger partial charge in [0.1, 0.15) is 6.54 Å². The van der Waals surface area contributed by atoms with E-state index in [9.17, 15) is 14.4 Å². The van der Waals surface area contributed by atoms with Gasteiger partial charge in [0.15, 0.2) is 5.13 Å². The highest BCUT2D eigenvalue weighted by Gasteiger charge is 2.21. The van der Waals surface area contributed by atoms with Gasteiger partial charge in [-0.2, -0.15) is 0 Å². The molecular formula is C25H27ClN4O4S. The van der Waals surface area contributed by atoms with Crippen molar-refractivity contribution in [2.24, 2.45) is 0 Å². The summed E-state index contributed by atoms with van der Waals surface area (Å²) in [4.78, 5) is 43.7. The van der Waals surface area contributed by atoms with Crippen molar-refractivity contribution in [3.63, 3.8) is 0 Å². The molecule has 0 fully saturated rings. The van der Waals surface area contributed by atoms with Gasteiger partial charge < -0.3 is 20.3 Å². The highest BCUT2D eigenvalue weighted by molar-refractivity contribution is 7.13.